The van der Waals surface area contributed by atoms with Crippen molar-refractivity contribution < 1.29 is 19.1 Å². The maximum absolute atomic E-state index is 12.3. The monoisotopic (exact) mass is 906 g/mol. The lowest BCUT2D eigenvalue weighted by molar-refractivity contribution is -0.182. The van der Waals surface area contributed by atoms with Crippen molar-refractivity contribution in [3.05, 3.63) is 118 Å². The van der Waals surface area contributed by atoms with Crippen LogP contribution < -0.4 is 5.32 Å². The number of aromatic nitrogens is 1. The molecule has 8 fully saturated rings. The first-order valence-corrected chi connectivity index (χ1v) is 26.8. The molecule has 14 aliphatic rings. The molecule has 13 heteroatoms. The number of hydrogen-bond acceptors (Lipinski definition) is 11. The van der Waals surface area contributed by atoms with E-state index in [1.165, 1.54) is 12.8 Å². The number of rotatable bonds is 6. The molecule has 0 radical (unpaired) electrons. The van der Waals surface area contributed by atoms with Crippen molar-refractivity contribution in [3.63, 3.8) is 0 Å². The van der Waals surface area contributed by atoms with Gasteiger partial charge in [0.2, 0.25) is 0 Å². The molecule has 4 aromatic rings. The third kappa shape index (κ3) is 5.40. The summed E-state index contributed by atoms with van der Waals surface area (Å²) >= 11 is 0. The van der Waals surface area contributed by atoms with Gasteiger partial charge in [-0.1, -0.05) is 84.9 Å². The molecular formula is C54H54N8O4Si. The summed E-state index contributed by atoms with van der Waals surface area (Å²) in [6.45, 7) is 0.841. The van der Waals surface area contributed by atoms with Crippen LogP contribution in [0.15, 0.2) is 121 Å². The molecule has 9 aliphatic carbocycles. The third-order valence-electron chi connectivity index (χ3n) is 18.3. The van der Waals surface area contributed by atoms with E-state index in [-0.39, 0.29) is 10.8 Å². The fourth-order valence-corrected chi connectivity index (χ4v) is 20.6. The maximum atomic E-state index is 12.3. The second-order valence-electron chi connectivity index (χ2n) is 23.1. The van der Waals surface area contributed by atoms with Crippen molar-refractivity contribution >= 4 is 60.5 Å². The standard InChI is InChI=1S/C54H54N8O4Si/c63-53-23-31-17-32(24-53)20-51(19-31,27-53)29-65-67(66-30-52-21-33-18-34(22-52)26-54(64,25-33)28-52)61-47-39-13-5-6-14-40(39)49(61)59-45-37-11-3-4-12-38(37)46(56-45)60-50-42-16-8-7-15-41(42)48(62(50)67)58-44-36-10-2-1-9-35(36)43(55-44)57-47/h1-3,5-11,13-16,31-34,47,63-64H,4,12,17-30H2,(H,55,57,58)/b59-49-,60-46-. The van der Waals surface area contributed by atoms with E-state index in [0.717, 1.165) is 133 Å². The van der Waals surface area contributed by atoms with Crippen molar-refractivity contribution in [2.75, 3.05) is 13.2 Å². The summed E-state index contributed by atoms with van der Waals surface area (Å²) in [4.78, 5) is 28.0. The molecule has 12 nitrogen and oxygen atoms in total. The third-order valence-corrected chi connectivity index (χ3v) is 21.4. The zero-order valence-corrected chi connectivity index (χ0v) is 38.6. The van der Waals surface area contributed by atoms with Gasteiger partial charge in [-0.3, -0.25) is 8.80 Å². The highest BCUT2D eigenvalue weighted by Crippen LogP contribution is 2.64. The number of fused-ring (bicyclic) bond motifs is 13. The summed E-state index contributed by atoms with van der Waals surface area (Å²) in [5.41, 5.74) is 4.29. The molecule has 1 aromatic heterocycles. The van der Waals surface area contributed by atoms with Crippen LogP contribution >= 0.6 is 0 Å². The molecule has 67 heavy (non-hydrogen) atoms. The van der Waals surface area contributed by atoms with Crippen molar-refractivity contribution in [2.24, 2.45) is 59.5 Å². The van der Waals surface area contributed by atoms with Gasteiger partial charge in [-0.15, -0.1) is 0 Å². The van der Waals surface area contributed by atoms with E-state index >= 15 is 0 Å². The summed E-state index contributed by atoms with van der Waals surface area (Å²) < 4.78 is 21.3. The van der Waals surface area contributed by atoms with Gasteiger partial charge in [-0.05, 0) is 124 Å². The Morgan fingerprint density at radius 2 is 1.21 bits per heavy atom. The fourth-order valence-electron chi connectivity index (χ4n) is 16.9. The molecule has 5 unspecified atom stereocenters. The second kappa shape index (κ2) is 13.1. The first-order chi connectivity index (χ1) is 32.6. The van der Waals surface area contributed by atoms with Gasteiger partial charge in [0, 0.05) is 57.4 Å². The Morgan fingerprint density at radius 1 is 0.627 bits per heavy atom. The minimum Gasteiger partial charge on any atom is -0.390 e. The molecule has 14 bridgehead atoms. The maximum Gasteiger partial charge on any atom is 0.599 e. The predicted octanol–water partition coefficient (Wildman–Crippen LogP) is 8.93. The average Bonchev–Trinajstić information content (AvgIpc) is 4.01. The molecule has 3 aromatic carbocycles. The van der Waals surface area contributed by atoms with Crippen LogP contribution in [0.25, 0.3) is 10.8 Å². The molecule has 5 atom stereocenters. The highest BCUT2D eigenvalue weighted by molar-refractivity contribution is 6.68. The molecule has 18 rings (SSSR count). The van der Waals surface area contributed by atoms with E-state index in [4.69, 9.17) is 33.8 Å². The first kappa shape index (κ1) is 38.6. The van der Waals surface area contributed by atoms with Crippen LogP contribution in [0.3, 0.4) is 0 Å². The smallest absolute Gasteiger partial charge is 0.390 e. The SMILES string of the molecule is OC12CC3CC(C1)CC(CO[Si]1(OCC45CC6CC(CC(O)(C6)C4)C5)N4/C5=N\C6=NC(=N\c7c8ccccc8c(n71)/N=C1\N=C(NC4c4ccccc45)c4ccccc41)/C1=C6C=CCC1)(C3)C2. The Morgan fingerprint density at radius 3 is 1.85 bits per heavy atom. The highest BCUT2D eigenvalue weighted by Gasteiger charge is 2.66. The van der Waals surface area contributed by atoms with Crippen molar-refractivity contribution in [1.82, 2.24) is 14.1 Å². The quantitative estimate of drug-likeness (QED) is 0.165. The molecule has 338 valence electrons. The zero-order chi connectivity index (χ0) is 44.1. The Hall–Kier alpha value is -5.31. The molecule has 0 amide bonds. The number of amidine groups is 5. The van der Waals surface area contributed by atoms with Gasteiger partial charge < -0.3 is 24.4 Å². The average molecular weight is 907 g/mol. The van der Waals surface area contributed by atoms with Crippen LogP contribution in [0.1, 0.15) is 118 Å². The summed E-state index contributed by atoms with van der Waals surface area (Å²) in [6.07, 6.45) is 17.1. The number of aliphatic hydroxyl groups is 2. The Bertz CT molecular complexity index is 3080. The number of aliphatic imine (C=N–C) groups is 5. The van der Waals surface area contributed by atoms with E-state index in [1.807, 2.05) is 0 Å². The second-order valence-corrected chi connectivity index (χ2v) is 25.7. The molecule has 3 N–H and O–H groups in total. The minimum atomic E-state index is -4.32. The van der Waals surface area contributed by atoms with E-state index in [1.54, 1.807) is 0 Å². The van der Waals surface area contributed by atoms with Gasteiger partial charge in [0.1, 0.15) is 29.5 Å². The topological polar surface area (TPSA) is 141 Å². The van der Waals surface area contributed by atoms with Gasteiger partial charge in [0.25, 0.3) is 0 Å². The largest absolute Gasteiger partial charge is 0.599 e. The van der Waals surface area contributed by atoms with Crippen LogP contribution in [0.2, 0.25) is 0 Å². The summed E-state index contributed by atoms with van der Waals surface area (Å²) in [5.74, 6) is 6.73. The Kier molecular flexibility index (Phi) is 7.53. The Balaban J connectivity index is 1.01. The van der Waals surface area contributed by atoms with Crippen LogP contribution in [0, 0.1) is 34.5 Å². The van der Waals surface area contributed by atoms with Crippen LogP contribution in [-0.4, -0.2) is 81.5 Å². The van der Waals surface area contributed by atoms with Crippen LogP contribution in [0.4, 0.5) is 11.6 Å². The van der Waals surface area contributed by atoms with E-state index in [0.29, 0.717) is 66.0 Å². The normalized spacial score (nSPS) is 40.6. The molecule has 5 aliphatic heterocycles. The van der Waals surface area contributed by atoms with E-state index < -0.39 is 26.3 Å². The number of nitrogens with zero attached hydrogens (tertiary/aromatic N) is 7. The number of hydrogen-bond donors (Lipinski definition) is 3. The van der Waals surface area contributed by atoms with Crippen molar-refractivity contribution in [3.8, 4) is 0 Å². The summed E-state index contributed by atoms with van der Waals surface area (Å²) in [7, 11) is -4.32. The highest BCUT2D eigenvalue weighted by atomic mass is 28.4. The van der Waals surface area contributed by atoms with Crippen molar-refractivity contribution in [1.29, 1.82) is 0 Å². The lowest BCUT2D eigenvalue weighted by atomic mass is 9.48. The molecule has 6 heterocycles. The molecule has 0 saturated heterocycles. The predicted molar refractivity (Wildman–Crippen MR) is 259 cm³/mol. The van der Waals surface area contributed by atoms with Gasteiger partial charge in [0.15, 0.2) is 17.5 Å². The van der Waals surface area contributed by atoms with Gasteiger partial charge in [0.05, 0.1) is 11.2 Å². The lowest BCUT2D eigenvalue weighted by Crippen LogP contribution is -2.69. The lowest BCUT2D eigenvalue weighted by Gasteiger charge is -2.61. The van der Waals surface area contributed by atoms with Crippen molar-refractivity contribution in [2.45, 2.75) is 107 Å². The molecule has 8 saturated carbocycles. The summed E-state index contributed by atoms with van der Waals surface area (Å²) in [6, 6.07) is 25.5. The van der Waals surface area contributed by atoms with Gasteiger partial charge >= 0.3 is 8.88 Å². The number of nitrogens with one attached hydrogen (secondary N) is 1. The summed E-state index contributed by atoms with van der Waals surface area (Å²) in [5, 5.41) is 30.5. The minimum absolute atomic E-state index is 0.226. The van der Waals surface area contributed by atoms with Gasteiger partial charge in [-0.2, -0.15) is 0 Å². The molecule has 0 spiro atoms. The number of allylic oxidation sites excluding steroid dienone is 1. The number of benzene rings is 3. The Labute approximate surface area is 390 Å². The van der Waals surface area contributed by atoms with Gasteiger partial charge in [-0.25, -0.2) is 25.0 Å². The first-order valence-electron chi connectivity index (χ1n) is 25.1. The van der Waals surface area contributed by atoms with Crippen LogP contribution in [-0.2, 0) is 8.85 Å². The van der Waals surface area contributed by atoms with E-state index in [9.17, 15) is 10.2 Å². The zero-order valence-electron chi connectivity index (χ0n) is 37.6. The van der Waals surface area contributed by atoms with E-state index in [2.05, 4.69) is 99.1 Å². The molecular weight excluding hydrogens is 853 g/mol. The van der Waals surface area contributed by atoms with Crippen LogP contribution in [0.5, 0.6) is 0 Å². The fraction of sp³-hybridized carbons (Fsp3) is 0.463.